The minimum atomic E-state index is 0.848. The summed E-state index contributed by atoms with van der Waals surface area (Å²) >= 11 is 4.96. The molecule has 1 heterocycles. The van der Waals surface area contributed by atoms with Gasteiger partial charge in [-0.05, 0) is 46.3 Å². The van der Waals surface area contributed by atoms with E-state index in [0.29, 0.717) is 0 Å². The molecule has 0 aliphatic heterocycles. The smallest absolute Gasteiger partial charge is 0.119 e. The Bertz CT molecular complexity index is 490. The quantitative estimate of drug-likeness (QED) is 0.799. The zero-order chi connectivity index (χ0) is 11.4. The first-order chi connectivity index (χ1) is 7.78. The van der Waals surface area contributed by atoms with Gasteiger partial charge in [0, 0.05) is 4.90 Å². The highest BCUT2D eigenvalue weighted by molar-refractivity contribution is 9.10. The van der Waals surface area contributed by atoms with E-state index >= 15 is 0 Å². The summed E-state index contributed by atoms with van der Waals surface area (Å²) in [6, 6.07) is 13.8. The number of aromatic nitrogens is 1. The van der Waals surface area contributed by atoms with Crippen molar-refractivity contribution in [2.45, 2.75) is 9.92 Å². The van der Waals surface area contributed by atoms with Gasteiger partial charge < -0.3 is 4.74 Å². The number of pyridine rings is 1. The Morgan fingerprint density at radius 2 is 2.00 bits per heavy atom. The van der Waals surface area contributed by atoms with Crippen molar-refractivity contribution in [3.05, 3.63) is 47.1 Å². The van der Waals surface area contributed by atoms with Crippen LogP contribution in [-0.2, 0) is 0 Å². The van der Waals surface area contributed by atoms with Crippen LogP contribution in [0, 0.1) is 0 Å². The SMILES string of the molecule is COc1cccc(Sc2cccc(Br)n2)c1. The van der Waals surface area contributed by atoms with Gasteiger partial charge in [0.2, 0.25) is 0 Å². The van der Waals surface area contributed by atoms with Crippen LogP contribution in [0.1, 0.15) is 0 Å². The molecule has 0 saturated heterocycles. The van der Waals surface area contributed by atoms with Crippen molar-refractivity contribution in [1.29, 1.82) is 0 Å². The van der Waals surface area contributed by atoms with E-state index in [1.54, 1.807) is 18.9 Å². The van der Waals surface area contributed by atoms with Crippen LogP contribution in [0.15, 0.2) is 57.0 Å². The van der Waals surface area contributed by atoms with E-state index in [1.807, 2.05) is 42.5 Å². The molecule has 82 valence electrons. The van der Waals surface area contributed by atoms with Crippen molar-refractivity contribution < 1.29 is 4.74 Å². The molecule has 0 N–H and O–H groups in total. The number of benzene rings is 1. The number of hydrogen-bond donors (Lipinski definition) is 0. The summed E-state index contributed by atoms with van der Waals surface area (Å²) in [6.45, 7) is 0. The van der Waals surface area contributed by atoms with E-state index in [9.17, 15) is 0 Å². The molecule has 0 atom stereocenters. The van der Waals surface area contributed by atoms with Gasteiger partial charge in [-0.2, -0.15) is 0 Å². The Balaban J connectivity index is 2.20. The number of nitrogens with zero attached hydrogens (tertiary/aromatic N) is 1. The third-order valence-electron chi connectivity index (χ3n) is 1.95. The molecule has 0 fully saturated rings. The van der Waals surface area contributed by atoms with E-state index in [0.717, 1.165) is 20.3 Å². The third-order valence-corrected chi connectivity index (χ3v) is 3.32. The van der Waals surface area contributed by atoms with Gasteiger partial charge in [-0.3, -0.25) is 0 Å². The molecule has 16 heavy (non-hydrogen) atoms. The fraction of sp³-hybridized carbons (Fsp3) is 0.0833. The first-order valence-electron chi connectivity index (χ1n) is 4.72. The molecule has 0 bridgehead atoms. The Kier molecular flexibility index (Phi) is 3.85. The molecule has 0 unspecified atom stereocenters. The maximum Gasteiger partial charge on any atom is 0.119 e. The second kappa shape index (κ2) is 5.37. The first kappa shape index (κ1) is 11.5. The fourth-order valence-electron chi connectivity index (χ4n) is 1.23. The lowest BCUT2D eigenvalue weighted by atomic mass is 10.3. The van der Waals surface area contributed by atoms with Crippen LogP contribution in [0.3, 0.4) is 0 Å². The van der Waals surface area contributed by atoms with Gasteiger partial charge in [0.1, 0.15) is 15.4 Å². The summed E-state index contributed by atoms with van der Waals surface area (Å²) in [6.07, 6.45) is 0. The lowest BCUT2D eigenvalue weighted by Gasteiger charge is -2.03. The molecule has 0 saturated carbocycles. The molecule has 2 nitrogen and oxygen atoms in total. The standard InChI is InChI=1S/C12H10BrNOS/c1-15-9-4-2-5-10(8-9)16-12-7-3-6-11(13)14-12/h2-8H,1H3. The highest BCUT2D eigenvalue weighted by Gasteiger charge is 2.00. The van der Waals surface area contributed by atoms with Crippen LogP contribution in [-0.4, -0.2) is 12.1 Å². The van der Waals surface area contributed by atoms with Gasteiger partial charge in [-0.1, -0.05) is 23.9 Å². The molecule has 0 spiro atoms. The summed E-state index contributed by atoms with van der Waals surface area (Å²) in [4.78, 5) is 5.48. The van der Waals surface area contributed by atoms with Gasteiger partial charge in [0.25, 0.3) is 0 Å². The summed E-state index contributed by atoms with van der Waals surface area (Å²) in [5.41, 5.74) is 0. The van der Waals surface area contributed by atoms with Crippen LogP contribution in [0.5, 0.6) is 5.75 Å². The van der Waals surface area contributed by atoms with Gasteiger partial charge >= 0.3 is 0 Å². The summed E-state index contributed by atoms with van der Waals surface area (Å²) < 4.78 is 6.02. The van der Waals surface area contributed by atoms with Crippen LogP contribution in [0.2, 0.25) is 0 Å². The fourth-order valence-corrected chi connectivity index (χ4v) is 2.55. The van der Waals surface area contributed by atoms with Crippen molar-refractivity contribution in [3.63, 3.8) is 0 Å². The zero-order valence-electron chi connectivity index (χ0n) is 8.68. The van der Waals surface area contributed by atoms with Crippen molar-refractivity contribution in [2.24, 2.45) is 0 Å². The third kappa shape index (κ3) is 3.00. The van der Waals surface area contributed by atoms with Gasteiger partial charge in [-0.25, -0.2) is 4.98 Å². The van der Waals surface area contributed by atoms with Gasteiger partial charge in [0.15, 0.2) is 0 Å². The van der Waals surface area contributed by atoms with Crippen molar-refractivity contribution in [3.8, 4) is 5.75 Å². The van der Waals surface area contributed by atoms with E-state index in [2.05, 4.69) is 20.9 Å². The Morgan fingerprint density at radius 1 is 1.19 bits per heavy atom. The maximum absolute atomic E-state index is 5.17. The normalized spacial score (nSPS) is 10.1. The minimum Gasteiger partial charge on any atom is -0.497 e. The van der Waals surface area contributed by atoms with Gasteiger partial charge in [0.05, 0.1) is 7.11 Å². The van der Waals surface area contributed by atoms with Crippen LogP contribution < -0.4 is 4.74 Å². The number of methoxy groups -OCH3 is 1. The number of rotatable bonds is 3. The monoisotopic (exact) mass is 295 g/mol. The predicted molar refractivity (Wildman–Crippen MR) is 69.1 cm³/mol. The van der Waals surface area contributed by atoms with Crippen LogP contribution in [0.4, 0.5) is 0 Å². The molecule has 0 aliphatic carbocycles. The number of ether oxygens (including phenoxy) is 1. The molecule has 0 aliphatic rings. The topological polar surface area (TPSA) is 22.1 Å². The molecule has 2 rings (SSSR count). The Morgan fingerprint density at radius 3 is 2.75 bits per heavy atom. The molecule has 0 amide bonds. The Hall–Kier alpha value is -1.000. The molecular formula is C12H10BrNOS. The molecular weight excluding hydrogens is 286 g/mol. The predicted octanol–water partition coefficient (Wildman–Crippen LogP) is 4.00. The summed E-state index contributed by atoms with van der Waals surface area (Å²) in [5.74, 6) is 0.861. The van der Waals surface area contributed by atoms with E-state index in [1.165, 1.54) is 0 Å². The molecule has 0 radical (unpaired) electrons. The first-order valence-corrected chi connectivity index (χ1v) is 6.33. The number of hydrogen-bond acceptors (Lipinski definition) is 3. The molecule has 1 aromatic carbocycles. The zero-order valence-corrected chi connectivity index (χ0v) is 11.1. The number of halogens is 1. The van der Waals surface area contributed by atoms with Crippen molar-refractivity contribution >= 4 is 27.7 Å². The average Bonchev–Trinajstić information content (AvgIpc) is 2.29. The summed E-state index contributed by atoms with van der Waals surface area (Å²) in [7, 11) is 1.67. The van der Waals surface area contributed by atoms with E-state index in [4.69, 9.17) is 4.74 Å². The van der Waals surface area contributed by atoms with Crippen molar-refractivity contribution in [1.82, 2.24) is 4.98 Å². The maximum atomic E-state index is 5.17. The summed E-state index contributed by atoms with van der Waals surface area (Å²) in [5, 5.41) is 0.961. The second-order valence-corrected chi connectivity index (χ2v) is 4.99. The highest BCUT2D eigenvalue weighted by Crippen LogP contribution is 2.29. The van der Waals surface area contributed by atoms with Crippen LogP contribution >= 0.6 is 27.7 Å². The molecule has 4 heteroatoms. The van der Waals surface area contributed by atoms with E-state index in [-0.39, 0.29) is 0 Å². The Labute approximate surface area is 107 Å². The lowest BCUT2D eigenvalue weighted by Crippen LogP contribution is -1.83. The highest BCUT2D eigenvalue weighted by atomic mass is 79.9. The second-order valence-electron chi connectivity index (χ2n) is 3.08. The lowest BCUT2D eigenvalue weighted by molar-refractivity contribution is 0.413. The molecule has 2 aromatic rings. The average molecular weight is 296 g/mol. The largest absolute Gasteiger partial charge is 0.497 e. The minimum absolute atomic E-state index is 0.848. The van der Waals surface area contributed by atoms with Crippen molar-refractivity contribution in [2.75, 3.05) is 7.11 Å². The molecule has 1 aromatic heterocycles. The van der Waals surface area contributed by atoms with E-state index < -0.39 is 0 Å². The van der Waals surface area contributed by atoms with Gasteiger partial charge in [-0.15, -0.1) is 0 Å². The van der Waals surface area contributed by atoms with Crippen LogP contribution in [0.25, 0.3) is 0 Å².